The van der Waals surface area contributed by atoms with E-state index in [-0.39, 0.29) is 17.2 Å². The van der Waals surface area contributed by atoms with E-state index in [1.165, 1.54) is 38.4 Å². The number of likely N-dealkylation sites (tertiary alicyclic amines) is 1. The highest BCUT2D eigenvalue weighted by Crippen LogP contribution is 2.49. The average molecular weight is 374 g/mol. The van der Waals surface area contributed by atoms with Crippen LogP contribution in [0, 0.1) is 11.3 Å². The second-order valence-electron chi connectivity index (χ2n) is 8.35. The molecule has 6 heteroatoms. The number of morpholine rings is 1. The fraction of sp³-hybridized carbons (Fsp3) is 0.714. The van der Waals surface area contributed by atoms with E-state index in [1.807, 2.05) is 9.80 Å². The van der Waals surface area contributed by atoms with Crippen molar-refractivity contribution >= 4 is 11.8 Å². The van der Waals surface area contributed by atoms with Crippen LogP contribution in [0.15, 0.2) is 23.0 Å². The highest BCUT2D eigenvalue weighted by molar-refractivity contribution is 5.94. The molecule has 1 aromatic heterocycles. The highest BCUT2D eigenvalue weighted by atomic mass is 16.5. The molecule has 1 atom stereocenters. The van der Waals surface area contributed by atoms with E-state index in [2.05, 4.69) is 0 Å². The molecule has 2 amide bonds. The minimum absolute atomic E-state index is 0.0655. The van der Waals surface area contributed by atoms with Gasteiger partial charge < -0.3 is 19.0 Å². The number of furan rings is 1. The van der Waals surface area contributed by atoms with Crippen LogP contribution in [0.3, 0.4) is 0 Å². The van der Waals surface area contributed by atoms with Crippen molar-refractivity contribution in [3.8, 4) is 0 Å². The van der Waals surface area contributed by atoms with Crippen molar-refractivity contribution in [2.45, 2.75) is 44.9 Å². The van der Waals surface area contributed by atoms with Crippen LogP contribution < -0.4 is 0 Å². The van der Waals surface area contributed by atoms with Gasteiger partial charge in [0.2, 0.25) is 5.91 Å². The zero-order valence-electron chi connectivity index (χ0n) is 16.0. The van der Waals surface area contributed by atoms with Gasteiger partial charge in [-0.2, -0.15) is 0 Å². The number of amides is 2. The van der Waals surface area contributed by atoms with Gasteiger partial charge in [0, 0.05) is 32.6 Å². The molecule has 3 heterocycles. The molecule has 2 aliphatic heterocycles. The Morgan fingerprint density at radius 3 is 2.59 bits per heavy atom. The molecule has 1 aliphatic carbocycles. The second kappa shape index (κ2) is 8.05. The Hall–Kier alpha value is -1.82. The summed E-state index contributed by atoms with van der Waals surface area (Å²) in [4.78, 5) is 29.4. The van der Waals surface area contributed by atoms with Crippen molar-refractivity contribution in [2.24, 2.45) is 11.3 Å². The van der Waals surface area contributed by atoms with Gasteiger partial charge in [-0.15, -0.1) is 0 Å². The van der Waals surface area contributed by atoms with Crippen molar-refractivity contribution in [3.05, 3.63) is 24.2 Å². The summed E-state index contributed by atoms with van der Waals surface area (Å²) < 4.78 is 10.4. The molecule has 1 saturated carbocycles. The summed E-state index contributed by atoms with van der Waals surface area (Å²) in [5, 5.41) is 0. The van der Waals surface area contributed by atoms with Gasteiger partial charge in [0.15, 0.2) is 0 Å². The van der Waals surface area contributed by atoms with E-state index >= 15 is 0 Å². The minimum Gasteiger partial charge on any atom is -0.472 e. The Kier molecular flexibility index (Phi) is 5.53. The minimum atomic E-state index is 0.0655. The average Bonchev–Trinajstić information content (AvgIpc) is 3.36. The number of hydrogen-bond acceptors (Lipinski definition) is 4. The monoisotopic (exact) mass is 374 g/mol. The first-order valence-electron chi connectivity index (χ1n) is 10.3. The Labute approximate surface area is 160 Å². The van der Waals surface area contributed by atoms with Crippen LogP contribution in [0.25, 0.3) is 0 Å². The number of ether oxygens (including phenoxy) is 1. The molecular formula is C21H30N2O4. The fourth-order valence-electron chi connectivity index (χ4n) is 5.25. The van der Waals surface area contributed by atoms with E-state index in [0.29, 0.717) is 44.2 Å². The third kappa shape index (κ3) is 3.91. The second-order valence-corrected chi connectivity index (χ2v) is 8.35. The van der Waals surface area contributed by atoms with Gasteiger partial charge in [-0.05, 0) is 36.7 Å². The van der Waals surface area contributed by atoms with Crippen molar-refractivity contribution in [3.63, 3.8) is 0 Å². The summed E-state index contributed by atoms with van der Waals surface area (Å²) in [5.74, 6) is 0.721. The predicted octanol–water partition coefficient (Wildman–Crippen LogP) is 2.94. The Morgan fingerprint density at radius 2 is 1.89 bits per heavy atom. The van der Waals surface area contributed by atoms with Gasteiger partial charge in [-0.3, -0.25) is 9.59 Å². The molecule has 6 nitrogen and oxygen atoms in total. The van der Waals surface area contributed by atoms with Gasteiger partial charge in [0.25, 0.3) is 5.91 Å². The quantitative estimate of drug-likeness (QED) is 0.813. The maximum Gasteiger partial charge on any atom is 0.257 e. The number of carbonyl (C=O) groups is 2. The van der Waals surface area contributed by atoms with Crippen molar-refractivity contribution in [2.75, 3.05) is 39.4 Å². The highest BCUT2D eigenvalue weighted by Gasteiger charge is 2.48. The van der Waals surface area contributed by atoms with Crippen LogP contribution in [0.2, 0.25) is 0 Å². The summed E-state index contributed by atoms with van der Waals surface area (Å²) in [6, 6.07) is 1.74. The fourth-order valence-corrected chi connectivity index (χ4v) is 5.25. The molecule has 27 heavy (non-hydrogen) atoms. The first-order valence-corrected chi connectivity index (χ1v) is 10.3. The molecular weight excluding hydrogens is 344 g/mol. The summed E-state index contributed by atoms with van der Waals surface area (Å²) in [6.45, 7) is 4.30. The summed E-state index contributed by atoms with van der Waals surface area (Å²) in [5.41, 5.74) is 0.828. The van der Waals surface area contributed by atoms with E-state index in [0.717, 1.165) is 19.5 Å². The van der Waals surface area contributed by atoms with Crippen molar-refractivity contribution in [1.82, 2.24) is 9.80 Å². The SMILES string of the molecule is O=C(CCC1CN(C(=O)c2ccoc2)CC12CCCCC2)N1CCOCC1. The summed E-state index contributed by atoms with van der Waals surface area (Å²) >= 11 is 0. The predicted molar refractivity (Wildman–Crippen MR) is 100 cm³/mol. The number of nitrogens with zero attached hydrogens (tertiary/aromatic N) is 2. The van der Waals surface area contributed by atoms with Crippen LogP contribution in [0.1, 0.15) is 55.3 Å². The summed E-state index contributed by atoms with van der Waals surface area (Å²) in [7, 11) is 0. The molecule has 0 N–H and O–H groups in total. The number of carbonyl (C=O) groups excluding carboxylic acids is 2. The van der Waals surface area contributed by atoms with Crippen molar-refractivity contribution < 1.29 is 18.7 Å². The summed E-state index contributed by atoms with van der Waals surface area (Å²) in [6.07, 6.45) is 10.7. The molecule has 1 spiro atoms. The molecule has 3 aliphatic rings. The zero-order valence-corrected chi connectivity index (χ0v) is 16.0. The zero-order chi connectivity index (χ0) is 18.7. The van der Waals surface area contributed by atoms with Gasteiger partial charge in [0.05, 0.1) is 25.0 Å². The van der Waals surface area contributed by atoms with Crippen LogP contribution >= 0.6 is 0 Å². The largest absolute Gasteiger partial charge is 0.472 e. The van der Waals surface area contributed by atoms with Crippen LogP contribution in [0.5, 0.6) is 0 Å². The van der Waals surface area contributed by atoms with Crippen LogP contribution in [-0.4, -0.2) is 61.0 Å². The maximum atomic E-state index is 12.8. The first kappa shape index (κ1) is 18.5. The molecule has 4 rings (SSSR count). The van der Waals surface area contributed by atoms with Gasteiger partial charge >= 0.3 is 0 Å². The van der Waals surface area contributed by atoms with E-state index in [4.69, 9.17) is 9.15 Å². The van der Waals surface area contributed by atoms with Crippen LogP contribution in [0.4, 0.5) is 0 Å². The Morgan fingerprint density at radius 1 is 1.11 bits per heavy atom. The standard InChI is InChI=1S/C21H30N2O4/c24-19(22-9-12-26-13-10-22)5-4-18-14-23(20(25)17-6-11-27-15-17)16-21(18)7-2-1-3-8-21/h6,11,15,18H,1-5,7-10,12-14,16H2. The maximum absolute atomic E-state index is 12.8. The third-order valence-electron chi connectivity index (χ3n) is 6.79. The van der Waals surface area contributed by atoms with E-state index in [9.17, 15) is 9.59 Å². The number of hydrogen-bond donors (Lipinski definition) is 0. The normalized spacial score (nSPS) is 25.1. The molecule has 0 bridgehead atoms. The lowest BCUT2D eigenvalue weighted by atomic mass is 9.66. The molecule has 2 saturated heterocycles. The van der Waals surface area contributed by atoms with Gasteiger partial charge in [-0.25, -0.2) is 0 Å². The molecule has 1 unspecified atom stereocenters. The third-order valence-corrected chi connectivity index (χ3v) is 6.79. The Bertz CT molecular complexity index is 645. The molecule has 148 valence electrons. The molecule has 3 fully saturated rings. The van der Waals surface area contributed by atoms with Gasteiger partial charge in [-0.1, -0.05) is 19.3 Å². The van der Waals surface area contributed by atoms with E-state index in [1.54, 1.807) is 12.3 Å². The van der Waals surface area contributed by atoms with Crippen LogP contribution in [-0.2, 0) is 9.53 Å². The molecule has 0 aromatic carbocycles. The lowest BCUT2D eigenvalue weighted by Gasteiger charge is -2.38. The lowest BCUT2D eigenvalue weighted by Crippen LogP contribution is -2.41. The van der Waals surface area contributed by atoms with E-state index < -0.39 is 0 Å². The van der Waals surface area contributed by atoms with Crippen molar-refractivity contribution in [1.29, 1.82) is 0 Å². The number of rotatable bonds is 4. The smallest absolute Gasteiger partial charge is 0.257 e. The first-order chi connectivity index (χ1) is 13.2. The van der Waals surface area contributed by atoms with Gasteiger partial charge in [0.1, 0.15) is 6.26 Å². The molecule has 0 radical (unpaired) electrons. The molecule has 1 aromatic rings. The Balaban J connectivity index is 1.42. The lowest BCUT2D eigenvalue weighted by molar-refractivity contribution is -0.135. The topological polar surface area (TPSA) is 63.0 Å².